The summed E-state index contributed by atoms with van der Waals surface area (Å²) in [4.78, 5) is 10.4. The molecule has 1 aliphatic carbocycles. The van der Waals surface area contributed by atoms with Crippen LogP contribution in [0.15, 0.2) is 24.3 Å². The highest BCUT2D eigenvalue weighted by molar-refractivity contribution is 5.35. The first-order valence-corrected chi connectivity index (χ1v) is 7.01. The molecule has 0 radical (unpaired) electrons. The number of nitrogens with zero attached hydrogens (tertiary/aromatic N) is 2. The number of non-ortho nitro benzene ring substituents is 1. The van der Waals surface area contributed by atoms with Gasteiger partial charge in [-0.05, 0) is 43.1 Å². The summed E-state index contributed by atoms with van der Waals surface area (Å²) in [6, 6.07) is 9.15. The Balaban J connectivity index is 2.17. The Morgan fingerprint density at radius 2 is 1.95 bits per heavy atom. The SMILES string of the molecule is CC1(C)CCC(C#N)(Cc2cccc([N+](=O)[O-])c2)CC1. The van der Waals surface area contributed by atoms with Crippen LogP contribution in [0.2, 0.25) is 0 Å². The maximum absolute atomic E-state index is 10.8. The highest BCUT2D eigenvalue weighted by atomic mass is 16.6. The van der Waals surface area contributed by atoms with Crippen LogP contribution in [-0.4, -0.2) is 4.92 Å². The lowest BCUT2D eigenvalue weighted by Crippen LogP contribution is -2.31. The molecule has 4 nitrogen and oxygen atoms in total. The van der Waals surface area contributed by atoms with Crippen LogP contribution in [-0.2, 0) is 6.42 Å². The molecule has 1 aromatic rings. The van der Waals surface area contributed by atoms with Gasteiger partial charge in [-0.3, -0.25) is 10.1 Å². The summed E-state index contributed by atoms with van der Waals surface area (Å²) in [5, 5.41) is 20.4. The Labute approximate surface area is 119 Å². The summed E-state index contributed by atoms with van der Waals surface area (Å²) in [5.74, 6) is 0. The van der Waals surface area contributed by atoms with Crippen LogP contribution in [0.25, 0.3) is 0 Å². The summed E-state index contributed by atoms with van der Waals surface area (Å²) in [6.45, 7) is 4.48. The third-order valence-corrected chi connectivity index (χ3v) is 4.46. The van der Waals surface area contributed by atoms with Gasteiger partial charge in [0, 0.05) is 12.1 Å². The van der Waals surface area contributed by atoms with Gasteiger partial charge in [-0.1, -0.05) is 26.0 Å². The third-order valence-electron chi connectivity index (χ3n) is 4.46. The lowest BCUT2D eigenvalue weighted by atomic mass is 9.64. The first-order chi connectivity index (χ1) is 9.36. The topological polar surface area (TPSA) is 66.9 Å². The van der Waals surface area contributed by atoms with Crippen molar-refractivity contribution in [3.05, 3.63) is 39.9 Å². The Hall–Kier alpha value is -1.89. The van der Waals surface area contributed by atoms with Gasteiger partial charge in [0.2, 0.25) is 0 Å². The quantitative estimate of drug-likeness (QED) is 0.610. The van der Waals surface area contributed by atoms with E-state index < -0.39 is 0 Å². The Bertz CT molecular complexity index is 548. The number of nitro benzene ring substituents is 1. The van der Waals surface area contributed by atoms with E-state index in [1.165, 1.54) is 6.07 Å². The molecule has 1 fully saturated rings. The Morgan fingerprint density at radius 3 is 2.50 bits per heavy atom. The first kappa shape index (κ1) is 14.5. The number of hydrogen-bond acceptors (Lipinski definition) is 3. The Morgan fingerprint density at radius 1 is 1.30 bits per heavy atom. The molecule has 0 aliphatic heterocycles. The predicted octanol–water partition coefficient (Wildman–Crippen LogP) is 4.25. The molecule has 0 atom stereocenters. The molecule has 0 spiro atoms. The van der Waals surface area contributed by atoms with Crippen molar-refractivity contribution in [2.24, 2.45) is 10.8 Å². The molecule has 106 valence electrons. The van der Waals surface area contributed by atoms with Crippen molar-refractivity contribution in [2.45, 2.75) is 46.0 Å². The highest BCUT2D eigenvalue weighted by Gasteiger charge is 2.38. The van der Waals surface area contributed by atoms with Crippen molar-refractivity contribution < 1.29 is 4.92 Å². The van der Waals surface area contributed by atoms with E-state index in [1.807, 2.05) is 6.07 Å². The zero-order valence-electron chi connectivity index (χ0n) is 12.1. The molecule has 0 aromatic heterocycles. The fraction of sp³-hybridized carbons (Fsp3) is 0.562. The van der Waals surface area contributed by atoms with Crippen molar-refractivity contribution >= 4 is 5.69 Å². The molecule has 2 rings (SSSR count). The van der Waals surface area contributed by atoms with Crippen LogP contribution in [0.5, 0.6) is 0 Å². The third kappa shape index (κ3) is 3.16. The molecule has 0 bridgehead atoms. The van der Waals surface area contributed by atoms with E-state index in [9.17, 15) is 15.4 Å². The van der Waals surface area contributed by atoms with Crippen LogP contribution < -0.4 is 0 Å². The minimum absolute atomic E-state index is 0.103. The maximum atomic E-state index is 10.8. The van der Waals surface area contributed by atoms with Crippen molar-refractivity contribution in [1.29, 1.82) is 5.26 Å². The van der Waals surface area contributed by atoms with Gasteiger partial charge < -0.3 is 0 Å². The predicted molar refractivity (Wildman–Crippen MR) is 77.1 cm³/mol. The molecule has 1 aliphatic rings. The van der Waals surface area contributed by atoms with Crippen LogP contribution in [0.1, 0.15) is 45.1 Å². The molecule has 0 amide bonds. The fourth-order valence-electron chi connectivity index (χ4n) is 2.90. The van der Waals surface area contributed by atoms with Gasteiger partial charge in [0.15, 0.2) is 0 Å². The lowest BCUT2D eigenvalue weighted by molar-refractivity contribution is -0.384. The zero-order chi connectivity index (χ0) is 14.8. The fourth-order valence-corrected chi connectivity index (χ4v) is 2.90. The maximum Gasteiger partial charge on any atom is 0.269 e. The molecule has 1 saturated carbocycles. The molecule has 1 aromatic carbocycles. The minimum Gasteiger partial charge on any atom is -0.258 e. The standard InChI is InChI=1S/C16H20N2O2/c1-15(2)6-8-16(12-17,9-7-15)11-13-4-3-5-14(10-13)18(19)20/h3-5,10H,6-9,11H2,1-2H3. The molecular weight excluding hydrogens is 252 g/mol. The molecular formula is C16H20N2O2. The second kappa shape index (κ2) is 5.24. The van der Waals surface area contributed by atoms with E-state index >= 15 is 0 Å². The van der Waals surface area contributed by atoms with Gasteiger partial charge in [0.05, 0.1) is 16.4 Å². The van der Waals surface area contributed by atoms with Crippen LogP contribution in [0.4, 0.5) is 5.69 Å². The summed E-state index contributed by atoms with van der Waals surface area (Å²) in [5.41, 5.74) is 0.945. The summed E-state index contributed by atoms with van der Waals surface area (Å²) in [6.07, 6.45) is 4.44. The van der Waals surface area contributed by atoms with E-state index in [0.717, 1.165) is 31.2 Å². The zero-order valence-corrected chi connectivity index (χ0v) is 12.1. The number of nitriles is 1. The first-order valence-electron chi connectivity index (χ1n) is 7.01. The minimum atomic E-state index is -0.382. The highest BCUT2D eigenvalue weighted by Crippen LogP contribution is 2.46. The molecule has 0 saturated heterocycles. The van der Waals surface area contributed by atoms with Crippen molar-refractivity contribution in [3.63, 3.8) is 0 Å². The molecule has 0 N–H and O–H groups in total. The van der Waals surface area contributed by atoms with Gasteiger partial charge in [-0.25, -0.2) is 0 Å². The largest absolute Gasteiger partial charge is 0.269 e. The van der Waals surface area contributed by atoms with Crippen LogP contribution in [0.3, 0.4) is 0 Å². The van der Waals surface area contributed by atoms with Crippen LogP contribution in [0, 0.1) is 32.3 Å². The number of hydrogen-bond donors (Lipinski definition) is 0. The Kier molecular flexibility index (Phi) is 3.80. The number of benzene rings is 1. The summed E-state index contributed by atoms with van der Waals surface area (Å²) < 4.78 is 0. The van der Waals surface area contributed by atoms with Gasteiger partial charge >= 0.3 is 0 Å². The van der Waals surface area contributed by atoms with Gasteiger partial charge in [-0.2, -0.15) is 5.26 Å². The molecule has 0 heterocycles. The van der Waals surface area contributed by atoms with E-state index in [-0.39, 0.29) is 16.0 Å². The van der Waals surface area contributed by atoms with Crippen molar-refractivity contribution in [3.8, 4) is 6.07 Å². The molecule has 20 heavy (non-hydrogen) atoms. The van der Waals surface area contributed by atoms with E-state index in [4.69, 9.17) is 0 Å². The number of rotatable bonds is 3. The average molecular weight is 272 g/mol. The van der Waals surface area contributed by atoms with E-state index in [2.05, 4.69) is 19.9 Å². The summed E-state index contributed by atoms with van der Waals surface area (Å²) >= 11 is 0. The summed E-state index contributed by atoms with van der Waals surface area (Å²) in [7, 11) is 0. The van der Waals surface area contributed by atoms with Crippen molar-refractivity contribution in [1.82, 2.24) is 0 Å². The second-order valence-corrected chi connectivity index (χ2v) is 6.66. The molecule has 4 heteroatoms. The van der Waals surface area contributed by atoms with Crippen LogP contribution >= 0.6 is 0 Å². The molecule has 0 unspecified atom stereocenters. The van der Waals surface area contributed by atoms with Gasteiger partial charge in [-0.15, -0.1) is 0 Å². The van der Waals surface area contributed by atoms with Crippen molar-refractivity contribution in [2.75, 3.05) is 0 Å². The number of nitro groups is 1. The lowest BCUT2D eigenvalue weighted by Gasteiger charge is -2.39. The average Bonchev–Trinajstić information content (AvgIpc) is 2.42. The van der Waals surface area contributed by atoms with Gasteiger partial charge in [0.1, 0.15) is 0 Å². The van der Waals surface area contributed by atoms with E-state index in [0.29, 0.717) is 11.8 Å². The van der Waals surface area contributed by atoms with Gasteiger partial charge in [0.25, 0.3) is 5.69 Å². The second-order valence-electron chi connectivity index (χ2n) is 6.66. The monoisotopic (exact) mass is 272 g/mol. The smallest absolute Gasteiger partial charge is 0.258 e. The van der Waals surface area contributed by atoms with E-state index in [1.54, 1.807) is 12.1 Å². The normalized spacial score (nSPS) is 20.1.